The summed E-state index contributed by atoms with van der Waals surface area (Å²) in [4.78, 5) is 43.6. The maximum atomic E-state index is 13.0. The van der Waals surface area contributed by atoms with E-state index in [9.17, 15) is 14.4 Å². The normalized spacial score (nSPS) is 28.4. The number of fused-ring (bicyclic) bond motifs is 3. The zero-order chi connectivity index (χ0) is 19.3. The molecular weight excluding hydrogens is 416 g/mol. The number of nitrogens with zero attached hydrogens (tertiary/aromatic N) is 4. The molecule has 0 spiro atoms. The van der Waals surface area contributed by atoms with Gasteiger partial charge in [0.05, 0.1) is 0 Å². The summed E-state index contributed by atoms with van der Waals surface area (Å²) in [7, 11) is 1.63. The molecule has 4 amide bonds. The second kappa shape index (κ2) is 6.77. The molecule has 3 aliphatic heterocycles. The van der Waals surface area contributed by atoms with Crippen LogP contribution in [-0.4, -0.2) is 77.7 Å². The number of carbonyl (C=O) groups excluding carboxylic acids is 3. The van der Waals surface area contributed by atoms with Crippen LogP contribution in [0.2, 0.25) is 0 Å². The van der Waals surface area contributed by atoms with E-state index in [-0.39, 0.29) is 12.2 Å². The molecule has 0 bridgehead atoms. The number of imide groups is 1. The van der Waals surface area contributed by atoms with E-state index in [2.05, 4.69) is 31.0 Å². The van der Waals surface area contributed by atoms with Crippen LogP contribution < -0.4 is 16.0 Å². The molecule has 1 aromatic rings. The maximum Gasteiger partial charge on any atom is 0.328 e. The average molecular weight is 437 g/mol. The number of halogens is 1. The van der Waals surface area contributed by atoms with Crippen molar-refractivity contribution in [3.05, 3.63) is 28.7 Å². The maximum absolute atomic E-state index is 13.0. The Kier molecular flexibility index (Phi) is 4.57. The third kappa shape index (κ3) is 2.97. The highest BCUT2D eigenvalue weighted by Crippen LogP contribution is 2.33. The molecule has 0 aliphatic carbocycles. The highest BCUT2D eigenvalue weighted by Gasteiger charge is 2.56. The Balaban J connectivity index is 1.65. The first-order valence-electron chi connectivity index (χ1n) is 8.79. The molecule has 0 aromatic heterocycles. The van der Waals surface area contributed by atoms with Gasteiger partial charge >= 0.3 is 6.03 Å². The number of primary amides is 1. The molecule has 1 aromatic carbocycles. The van der Waals surface area contributed by atoms with Gasteiger partial charge in [-0.1, -0.05) is 15.9 Å². The van der Waals surface area contributed by atoms with E-state index < -0.39 is 30.7 Å². The molecule has 3 N–H and O–H groups in total. The molecule has 10 heteroatoms. The first kappa shape index (κ1) is 18.2. The van der Waals surface area contributed by atoms with Crippen LogP contribution in [0, 0.1) is 0 Å². The number of amides is 4. The number of urea groups is 1. The molecule has 27 heavy (non-hydrogen) atoms. The minimum Gasteiger partial charge on any atom is -0.368 e. The summed E-state index contributed by atoms with van der Waals surface area (Å²) in [6, 6.07) is 6.94. The lowest BCUT2D eigenvalue weighted by atomic mass is 10.1. The Morgan fingerprint density at radius 2 is 1.96 bits per heavy atom. The van der Waals surface area contributed by atoms with Crippen LogP contribution in [0.5, 0.6) is 0 Å². The van der Waals surface area contributed by atoms with Crippen LogP contribution in [0.4, 0.5) is 10.5 Å². The van der Waals surface area contributed by atoms with Crippen LogP contribution in [0.1, 0.15) is 6.42 Å². The van der Waals surface area contributed by atoms with E-state index in [1.54, 1.807) is 7.05 Å². The molecule has 4 rings (SSSR count). The van der Waals surface area contributed by atoms with E-state index in [1.807, 2.05) is 24.3 Å². The lowest BCUT2D eigenvalue weighted by Gasteiger charge is -2.43. The summed E-state index contributed by atoms with van der Waals surface area (Å²) in [6.07, 6.45) is 0.232. The summed E-state index contributed by atoms with van der Waals surface area (Å²) in [5.74, 6) is -1.09. The van der Waals surface area contributed by atoms with E-state index in [4.69, 9.17) is 5.73 Å². The second-order valence-corrected chi connectivity index (χ2v) is 7.89. The molecule has 9 nitrogen and oxygen atoms in total. The van der Waals surface area contributed by atoms with E-state index in [1.165, 1.54) is 4.90 Å². The minimum absolute atomic E-state index is 0.206. The number of hydrogen-bond donors (Lipinski definition) is 2. The third-order valence-electron chi connectivity index (χ3n) is 5.34. The van der Waals surface area contributed by atoms with Gasteiger partial charge in [0.25, 0.3) is 5.91 Å². The van der Waals surface area contributed by atoms with Gasteiger partial charge in [-0.05, 0) is 30.7 Å². The van der Waals surface area contributed by atoms with Crippen LogP contribution in [0.25, 0.3) is 0 Å². The van der Waals surface area contributed by atoms with Crippen molar-refractivity contribution in [2.75, 3.05) is 31.6 Å². The van der Waals surface area contributed by atoms with Crippen molar-refractivity contribution in [1.29, 1.82) is 0 Å². The second-order valence-electron chi connectivity index (χ2n) is 6.98. The Labute approximate surface area is 165 Å². The Hall–Kier alpha value is -2.17. The van der Waals surface area contributed by atoms with Gasteiger partial charge in [-0.25, -0.2) is 4.79 Å². The number of benzene rings is 1. The fourth-order valence-corrected chi connectivity index (χ4v) is 4.38. The molecule has 3 aliphatic rings. The fraction of sp³-hybridized carbons (Fsp3) is 0.471. The predicted octanol–water partition coefficient (Wildman–Crippen LogP) is -0.0780. The number of carbonyl (C=O) groups is 3. The SMILES string of the molecule is CN1C(=O)N(CC(N)=O)C(=O)C2C1NC1N(c3ccc(Br)cc3)CCCN21. The number of nitrogens with two attached hydrogens (primary N) is 1. The third-order valence-corrected chi connectivity index (χ3v) is 5.87. The summed E-state index contributed by atoms with van der Waals surface area (Å²) >= 11 is 3.45. The summed E-state index contributed by atoms with van der Waals surface area (Å²) < 4.78 is 0.996. The lowest BCUT2D eigenvalue weighted by molar-refractivity contribution is -0.141. The highest BCUT2D eigenvalue weighted by molar-refractivity contribution is 9.10. The Bertz CT molecular complexity index is 787. The van der Waals surface area contributed by atoms with Gasteiger partial charge in [0.15, 0.2) is 0 Å². The number of likely N-dealkylation sites (N-methyl/N-ethyl adjacent to an activating group) is 1. The standard InChI is InChI=1S/C17H21BrN6O3/c1-21-14-13(15(26)24(17(21)27)9-12(19)25)23-8-2-7-22(16(23)20-14)11-5-3-10(18)4-6-11/h3-6,13-14,16,20H,2,7-9H2,1H3,(H2,19,25). The van der Waals surface area contributed by atoms with Crippen LogP contribution in [0.15, 0.2) is 28.7 Å². The molecule has 0 saturated carbocycles. The average Bonchev–Trinajstić information content (AvgIpc) is 3.04. The summed E-state index contributed by atoms with van der Waals surface area (Å²) in [6.45, 7) is 1.16. The molecule has 0 radical (unpaired) electrons. The van der Waals surface area contributed by atoms with Gasteiger partial charge in [0.2, 0.25) is 5.91 Å². The Morgan fingerprint density at radius 3 is 2.63 bits per heavy atom. The van der Waals surface area contributed by atoms with Gasteiger partial charge in [-0.15, -0.1) is 0 Å². The highest BCUT2D eigenvalue weighted by atomic mass is 79.9. The van der Waals surface area contributed by atoms with E-state index in [0.29, 0.717) is 0 Å². The topological polar surface area (TPSA) is 102 Å². The van der Waals surface area contributed by atoms with Crippen molar-refractivity contribution in [3.8, 4) is 0 Å². The van der Waals surface area contributed by atoms with Gasteiger partial charge in [0, 0.05) is 30.3 Å². The van der Waals surface area contributed by atoms with E-state index >= 15 is 0 Å². The van der Waals surface area contributed by atoms with Crippen molar-refractivity contribution < 1.29 is 14.4 Å². The quantitative estimate of drug-likeness (QED) is 0.686. The first-order chi connectivity index (χ1) is 12.9. The summed E-state index contributed by atoms with van der Waals surface area (Å²) in [5, 5.41) is 3.42. The van der Waals surface area contributed by atoms with Crippen molar-refractivity contribution in [2.24, 2.45) is 5.73 Å². The van der Waals surface area contributed by atoms with Gasteiger partial charge in [-0.3, -0.25) is 24.7 Å². The van der Waals surface area contributed by atoms with Crippen LogP contribution in [-0.2, 0) is 9.59 Å². The van der Waals surface area contributed by atoms with Crippen molar-refractivity contribution in [1.82, 2.24) is 20.0 Å². The fourth-order valence-electron chi connectivity index (χ4n) is 4.12. The van der Waals surface area contributed by atoms with Crippen molar-refractivity contribution in [3.63, 3.8) is 0 Å². The first-order valence-corrected chi connectivity index (χ1v) is 9.58. The van der Waals surface area contributed by atoms with Crippen molar-refractivity contribution >= 4 is 39.5 Å². The minimum atomic E-state index is -0.707. The molecule has 144 valence electrons. The molecule has 3 saturated heterocycles. The molecule has 3 atom stereocenters. The van der Waals surface area contributed by atoms with Gasteiger partial charge < -0.3 is 15.5 Å². The summed E-state index contributed by atoms with van der Waals surface area (Å²) in [5.41, 5.74) is 6.26. The largest absolute Gasteiger partial charge is 0.368 e. The number of rotatable bonds is 3. The van der Waals surface area contributed by atoms with Gasteiger partial charge in [-0.2, -0.15) is 0 Å². The van der Waals surface area contributed by atoms with Crippen LogP contribution >= 0.6 is 15.9 Å². The zero-order valence-corrected chi connectivity index (χ0v) is 16.4. The van der Waals surface area contributed by atoms with Gasteiger partial charge in [0.1, 0.15) is 25.0 Å². The number of anilines is 1. The molecule has 3 unspecified atom stereocenters. The zero-order valence-electron chi connectivity index (χ0n) is 14.8. The predicted molar refractivity (Wildman–Crippen MR) is 101 cm³/mol. The Morgan fingerprint density at radius 1 is 1.26 bits per heavy atom. The van der Waals surface area contributed by atoms with E-state index in [0.717, 1.165) is 34.6 Å². The lowest BCUT2D eigenvalue weighted by Crippen LogP contribution is -2.67. The van der Waals surface area contributed by atoms with Crippen LogP contribution in [0.3, 0.4) is 0 Å². The number of hydrogen-bond acceptors (Lipinski definition) is 6. The molecular formula is C17H21BrN6O3. The molecule has 3 heterocycles. The number of nitrogens with one attached hydrogen (secondary N) is 1. The van der Waals surface area contributed by atoms with Crippen molar-refractivity contribution in [2.45, 2.75) is 24.9 Å². The smallest absolute Gasteiger partial charge is 0.328 e. The molecule has 3 fully saturated rings. The monoisotopic (exact) mass is 436 g/mol.